The van der Waals surface area contributed by atoms with Gasteiger partial charge in [0.2, 0.25) is 0 Å². The minimum absolute atomic E-state index is 0.438. The van der Waals surface area contributed by atoms with Gasteiger partial charge in [-0.1, -0.05) is 45.6 Å². The Hall–Kier alpha value is -0.980. The zero-order valence-corrected chi connectivity index (χ0v) is 13.7. The van der Waals surface area contributed by atoms with Gasteiger partial charge in [-0.2, -0.15) is 0 Å². The lowest BCUT2D eigenvalue weighted by Gasteiger charge is -2.48. The summed E-state index contributed by atoms with van der Waals surface area (Å²) in [6, 6.07) is 6.11. The minimum Gasteiger partial charge on any atom is -0.508 e. The van der Waals surface area contributed by atoms with Gasteiger partial charge in [-0.15, -0.1) is 0 Å². The summed E-state index contributed by atoms with van der Waals surface area (Å²) in [5.41, 5.74) is 3.46. The first kappa shape index (κ1) is 14.9. The van der Waals surface area contributed by atoms with Crippen LogP contribution in [0.15, 0.2) is 18.2 Å². The molecular formula is C20H30O. The Morgan fingerprint density at radius 3 is 2.90 bits per heavy atom. The maximum absolute atomic E-state index is 9.74. The van der Waals surface area contributed by atoms with Gasteiger partial charge in [0.05, 0.1) is 0 Å². The van der Waals surface area contributed by atoms with Crippen molar-refractivity contribution in [3.63, 3.8) is 0 Å². The molecule has 0 saturated heterocycles. The molecule has 0 aliphatic heterocycles. The Labute approximate surface area is 129 Å². The van der Waals surface area contributed by atoms with Crippen LogP contribution < -0.4 is 0 Å². The molecule has 1 nitrogen and oxygen atoms in total. The van der Waals surface area contributed by atoms with Crippen molar-refractivity contribution in [3.8, 4) is 5.75 Å². The maximum atomic E-state index is 9.74. The highest BCUT2D eigenvalue weighted by molar-refractivity contribution is 5.40. The summed E-state index contributed by atoms with van der Waals surface area (Å²) in [4.78, 5) is 0. The third-order valence-electron chi connectivity index (χ3n) is 6.22. The van der Waals surface area contributed by atoms with E-state index in [4.69, 9.17) is 0 Å². The lowest BCUT2D eigenvalue weighted by molar-refractivity contribution is 0.107. The van der Waals surface area contributed by atoms with Gasteiger partial charge in [-0.25, -0.2) is 0 Å². The zero-order valence-electron chi connectivity index (χ0n) is 13.7. The van der Waals surface area contributed by atoms with Gasteiger partial charge in [0, 0.05) is 0 Å². The molecule has 0 bridgehead atoms. The number of aromatic hydroxyl groups is 1. The number of unbranched alkanes of at least 4 members (excludes halogenated alkanes) is 2. The fourth-order valence-electron chi connectivity index (χ4n) is 4.76. The van der Waals surface area contributed by atoms with E-state index in [0.29, 0.717) is 11.2 Å². The molecule has 1 aromatic rings. The molecule has 2 aliphatic carbocycles. The lowest BCUT2D eigenvalue weighted by Crippen LogP contribution is -2.36. The van der Waals surface area contributed by atoms with Crippen molar-refractivity contribution < 1.29 is 5.11 Å². The zero-order chi connectivity index (χ0) is 14.9. The molecule has 1 aromatic carbocycles. The van der Waals surface area contributed by atoms with Crippen LogP contribution in [0, 0.1) is 11.3 Å². The lowest BCUT2D eigenvalue weighted by atomic mass is 9.56. The largest absolute Gasteiger partial charge is 0.508 e. The van der Waals surface area contributed by atoms with Crippen LogP contribution in [-0.2, 0) is 6.42 Å². The maximum Gasteiger partial charge on any atom is 0.115 e. The first-order valence-electron chi connectivity index (χ1n) is 8.94. The van der Waals surface area contributed by atoms with Gasteiger partial charge in [0.15, 0.2) is 0 Å². The van der Waals surface area contributed by atoms with Gasteiger partial charge in [0.25, 0.3) is 0 Å². The van der Waals surface area contributed by atoms with Gasteiger partial charge < -0.3 is 5.11 Å². The average molecular weight is 286 g/mol. The van der Waals surface area contributed by atoms with Crippen LogP contribution in [0.2, 0.25) is 0 Å². The van der Waals surface area contributed by atoms with Crippen molar-refractivity contribution in [2.45, 2.75) is 77.6 Å². The van der Waals surface area contributed by atoms with Crippen LogP contribution >= 0.6 is 0 Å². The number of rotatable bonds is 4. The third kappa shape index (κ3) is 2.98. The molecule has 0 amide bonds. The van der Waals surface area contributed by atoms with E-state index in [2.05, 4.69) is 19.9 Å². The van der Waals surface area contributed by atoms with E-state index >= 15 is 0 Å². The van der Waals surface area contributed by atoms with E-state index < -0.39 is 0 Å². The molecule has 0 heterocycles. The number of benzene rings is 1. The Kier molecular flexibility index (Phi) is 4.28. The molecule has 116 valence electrons. The van der Waals surface area contributed by atoms with E-state index in [9.17, 15) is 5.11 Å². The van der Waals surface area contributed by atoms with Crippen LogP contribution in [0.1, 0.15) is 82.3 Å². The van der Waals surface area contributed by atoms with Crippen molar-refractivity contribution in [2.24, 2.45) is 11.3 Å². The molecule has 0 radical (unpaired) electrons. The van der Waals surface area contributed by atoms with Crippen LogP contribution in [0.3, 0.4) is 0 Å². The summed E-state index contributed by atoms with van der Waals surface area (Å²) in [6.07, 6.45) is 12.2. The summed E-state index contributed by atoms with van der Waals surface area (Å²) in [6.45, 7) is 4.80. The molecule has 1 saturated carbocycles. The van der Waals surface area contributed by atoms with Crippen molar-refractivity contribution in [2.75, 3.05) is 0 Å². The Morgan fingerprint density at radius 1 is 1.24 bits per heavy atom. The van der Waals surface area contributed by atoms with Crippen molar-refractivity contribution in [3.05, 3.63) is 29.3 Å². The summed E-state index contributed by atoms with van der Waals surface area (Å²) < 4.78 is 0. The molecule has 1 heteroatoms. The second-order valence-electron chi connectivity index (χ2n) is 7.73. The highest BCUT2D eigenvalue weighted by atomic mass is 16.3. The van der Waals surface area contributed by atoms with E-state index in [1.807, 2.05) is 12.1 Å². The molecule has 1 fully saturated rings. The van der Waals surface area contributed by atoms with E-state index in [-0.39, 0.29) is 0 Å². The number of fused-ring (bicyclic) bond motifs is 3. The summed E-state index contributed by atoms with van der Waals surface area (Å²) in [5, 5.41) is 9.74. The van der Waals surface area contributed by atoms with Gasteiger partial charge in [0.1, 0.15) is 5.75 Å². The molecule has 1 N–H and O–H groups in total. The molecule has 3 atom stereocenters. The van der Waals surface area contributed by atoms with Crippen molar-refractivity contribution in [1.82, 2.24) is 0 Å². The normalized spacial score (nSPS) is 31.5. The van der Waals surface area contributed by atoms with E-state index in [0.717, 1.165) is 18.3 Å². The Morgan fingerprint density at radius 2 is 2.10 bits per heavy atom. The molecule has 0 unspecified atom stereocenters. The summed E-state index contributed by atoms with van der Waals surface area (Å²) in [7, 11) is 0. The van der Waals surface area contributed by atoms with Crippen LogP contribution in [0.5, 0.6) is 5.75 Å². The number of hydrogen-bond donors (Lipinski definition) is 1. The van der Waals surface area contributed by atoms with Crippen LogP contribution in [0.4, 0.5) is 0 Å². The minimum atomic E-state index is 0.438. The number of phenolic OH excluding ortho intramolecular Hbond substituents is 1. The van der Waals surface area contributed by atoms with Gasteiger partial charge in [-0.3, -0.25) is 0 Å². The van der Waals surface area contributed by atoms with Gasteiger partial charge in [-0.05, 0) is 72.6 Å². The van der Waals surface area contributed by atoms with E-state index in [1.165, 1.54) is 56.9 Å². The van der Waals surface area contributed by atoms with Gasteiger partial charge >= 0.3 is 0 Å². The first-order chi connectivity index (χ1) is 10.1. The summed E-state index contributed by atoms with van der Waals surface area (Å²) in [5.74, 6) is 2.09. The Balaban J connectivity index is 1.77. The molecule has 0 aromatic heterocycles. The highest BCUT2D eigenvalue weighted by Gasteiger charge is 2.43. The number of aryl methyl sites for hydroxylation is 1. The average Bonchev–Trinajstić information content (AvgIpc) is 2.48. The Bertz CT molecular complexity index is 493. The second-order valence-corrected chi connectivity index (χ2v) is 7.73. The van der Waals surface area contributed by atoms with Crippen molar-refractivity contribution >= 4 is 0 Å². The van der Waals surface area contributed by atoms with Crippen molar-refractivity contribution in [1.29, 1.82) is 0 Å². The van der Waals surface area contributed by atoms with Crippen LogP contribution in [-0.4, -0.2) is 5.11 Å². The molecule has 3 rings (SSSR count). The quantitative estimate of drug-likeness (QED) is 0.693. The molecule has 0 spiro atoms. The summed E-state index contributed by atoms with van der Waals surface area (Å²) >= 11 is 0. The number of hydrogen-bond acceptors (Lipinski definition) is 1. The molecule has 2 aliphatic rings. The predicted octanol–water partition coefficient (Wildman–Crippen LogP) is 5.81. The standard InChI is InChI=1S/C20H30O/c1-3-4-5-6-15-9-11-20(2)12-10-16-14-17(21)7-8-18(16)19(20)13-15/h7-8,14-15,19,21H,3-6,9-13H2,1-2H3/t15-,19+,20+/m0/s1. The molecular weight excluding hydrogens is 256 g/mol. The smallest absolute Gasteiger partial charge is 0.115 e. The first-order valence-corrected chi connectivity index (χ1v) is 8.94. The molecule has 21 heavy (non-hydrogen) atoms. The fraction of sp³-hybridized carbons (Fsp3) is 0.700. The predicted molar refractivity (Wildman–Crippen MR) is 88.8 cm³/mol. The number of phenols is 1. The second kappa shape index (κ2) is 6.02. The topological polar surface area (TPSA) is 20.2 Å². The van der Waals surface area contributed by atoms with E-state index in [1.54, 1.807) is 5.56 Å². The third-order valence-corrected chi connectivity index (χ3v) is 6.22. The fourth-order valence-corrected chi connectivity index (χ4v) is 4.76. The highest BCUT2D eigenvalue weighted by Crippen LogP contribution is 2.55. The van der Waals surface area contributed by atoms with Crippen LogP contribution in [0.25, 0.3) is 0 Å². The monoisotopic (exact) mass is 286 g/mol. The SMILES string of the molecule is CCCCC[C@H]1CC[C@]2(C)CCc3cc(O)ccc3[C@H]2C1.